The number of fused-ring (bicyclic) bond motifs is 1. The van der Waals surface area contributed by atoms with Crippen LogP contribution in [-0.2, 0) is 14.8 Å². The van der Waals surface area contributed by atoms with E-state index in [9.17, 15) is 8.42 Å². The fourth-order valence-electron chi connectivity index (χ4n) is 3.03. The van der Waals surface area contributed by atoms with Gasteiger partial charge in [0, 0.05) is 55.8 Å². The van der Waals surface area contributed by atoms with Crippen molar-refractivity contribution < 1.29 is 18.3 Å². The summed E-state index contributed by atoms with van der Waals surface area (Å²) >= 11 is 0. The lowest BCUT2D eigenvalue weighted by atomic mass is 10.2. The van der Waals surface area contributed by atoms with Crippen molar-refractivity contribution >= 4 is 33.1 Å². The molecule has 2 aromatic heterocycles. The average molecular weight is 388 g/mol. The molecule has 0 bridgehead atoms. The van der Waals surface area contributed by atoms with E-state index in [2.05, 4.69) is 21.3 Å². The van der Waals surface area contributed by atoms with E-state index in [1.54, 1.807) is 24.5 Å². The molecule has 9 heteroatoms. The van der Waals surface area contributed by atoms with Crippen molar-refractivity contribution in [3.63, 3.8) is 0 Å². The van der Waals surface area contributed by atoms with Crippen LogP contribution in [0.2, 0.25) is 0 Å². The first-order valence-corrected chi connectivity index (χ1v) is 9.82. The molecule has 142 valence electrons. The zero-order valence-corrected chi connectivity index (χ0v) is 15.3. The molecule has 0 atom stereocenters. The minimum Gasteiger partial charge on any atom is -0.483 e. The lowest BCUT2D eigenvalue weighted by molar-refractivity contribution is -0.122. The molecule has 0 spiro atoms. The minimum atomic E-state index is -3.65. The van der Waals surface area contributed by atoms with Gasteiger partial charge in [-0.15, -0.1) is 0 Å². The molecule has 0 radical (unpaired) electrons. The number of rotatable bonds is 3. The first kappa shape index (κ1) is 18.9. The number of aromatic nitrogens is 2. The molecule has 3 aromatic rings. The highest BCUT2D eigenvalue weighted by Gasteiger charge is 2.20. The highest BCUT2D eigenvalue weighted by atomic mass is 32.2. The van der Waals surface area contributed by atoms with Gasteiger partial charge in [0.1, 0.15) is 4.90 Å². The third kappa shape index (κ3) is 3.93. The second-order valence-corrected chi connectivity index (χ2v) is 7.71. The van der Waals surface area contributed by atoms with Crippen LogP contribution in [0.4, 0.5) is 5.69 Å². The van der Waals surface area contributed by atoms with Crippen molar-refractivity contribution in [3.8, 4) is 0 Å². The van der Waals surface area contributed by atoms with E-state index in [1.165, 1.54) is 10.2 Å². The van der Waals surface area contributed by atoms with Crippen molar-refractivity contribution in [3.05, 3.63) is 55.0 Å². The number of anilines is 1. The third-order valence-electron chi connectivity index (χ3n) is 4.31. The summed E-state index contributed by atoms with van der Waals surface area (Å²) in [7, 11) is -3.65. The zero-order chi connectivity index (χ0) is 19.3. The van der Waals surface area contributed by atoms with E-state index in [0.29, 0.717) is 5.52 Å². The third-order valence-corrected chi connectivity index (χ3v) is 5.99. The Labute approximate surface area is 157 Å². The molecule has 3 heterocycles. The van der Waals surface area contributed by atoms with Gasteiger partial charge in [0.05, 0.1) is 5.52 Å². The van der Waals surface area contributed by atoms with Gasteiger partial charge in [0.15, 0.2) is 0 Å². The second kappa shape index (κ2) is 8.19. The molecule has 0 saturated carbocycles. The van der Waals surface area contributed by atoms with Gasteiger partial charge >= 0.3 is 0 Å². The largest absolute Gasteiger partial charge is 0.483 e. The molecule has 1 aliphatic rings. The Morgan fingerprint density at radius 3 is 2.56 bits per heavy atom. The summed E-state index contributed by atoms with van der Waals surface area (Å²) in [5, 5.41) is 11.1. The molecule has 0 unspecified atom stereocenters. The lowest BCUT2D eigenvalue weighted by Crippen LogP contribution is -2.43. The van der Waals surface area contributed by atoms with E-state index in [1.807, 2.05) is 18.2 Å². The van der Waals surface area contributed by atoms with Gasteiger partial charge in [0.2, 0.25) is 0 Å². The molecule has 27 heavy (non-hydrogen) atoms. The summed E-state index contributed by atoms with van der Waals surface area (Å²) < 4.78 is 27.1. The summed E-state index contributed by atoms with van der Waals surface area (Å²) in [6.45, 7) is 3.46. The number of carbonyl (C=O) groups is 1. The van der Waals surface area contributed by atoms with Crippen molar-refractivity contribution in [2.45, 2.75) is 4.90 Å². The summed E-state index contributed by atoms with van der Waals surface area (Å²) in [5.74, 6) is 0. The number of hydrogen-bond donors (Lipinski definition) is 2. The number of nitrogens with one attached hydrogen (secondary N) is 1. The minimum absolute atomic E-state index is 0.190. The maximum absolute atomic E-state index is 12.9. The van der Waals surface area contributed by atoms with Crippen LogP contribution < -0.4 is 10.2 Å². The Hall–Kier alpha value is -2.91. The number of carboxylic acid groups (broad SMARTS) is 1. The van der Waals surface area contributed by atoms with Crippen molar-refractivity contribution in [1.29, 1.82) is 0 Å². The fraction of sp³-hybridized carbons (Fsp3) is 0.222. The van der Waals surface area contributed by atoms with Gasteiger partial charge in [-0.1, -0.05) is 6.07 Å². The van der Waals surface area contributed by atoms with Crippen LogP contribution in [0.5, 0.6) is 0 Å². The van der Waals surface area contributed by atoms with Crippen molar-refractivity contribution in [1.82, 2.24) is 14.3 Å². The lowest BCUT2D eigenvalue weighted by Gasteiger charge is -2.29. The molecule has 0 amide bonds. The standard InChI is InChI=1S/C17H18N4O2S.CH2O2/c22-24(23,16-2-1-6-19-13-16)21-9-5-14-3-4-15(12-17(14)21)20-10-7-18-8-11-20;2-1-3/h1-6,9,12-13,18H,7-8,10-11H2;1H,(H,2,3). The van der Waals surface area contributed by atoms with E-state index in [4.69, 9.17) is 9.90 Å². The topological polar surface area (TPSA) is 105 Å². The zero-order valence-electron chi connectivity index (χ0n) is 14.5. The molecule has 1 fully saturated rings. The quantitative estimate of drug-likeness (QED) is 0.653. The van der Waals surface area contributed by atoms with Crippen LogP contribution in [0.25, 0.3) is 10.9 Å². The first-order valence-electron chi connectivity index (χ1n) is 8.38. The summed E-state index contributed by atoms with van der Waals surface area (Å²) in [4.78, 5) is 14.7. The Balaban J connectivity index is 0.000000659. The van der Waals surface area contributed by atoms with Crippen molar-refractivity contribution in [2.75, 3.05) is 31.1 Å². The number of piperazine rings is 1. The van der Waals surface area contributed by atoms with E-state index >= 15 is 0 Å². The van der Waals surface area contributed by atoms with Gasteiger partial charge in [0.25, 0.3) is 16.5 Å². The van der Waals surface area contributed by atoms with Gasteiger partial charge in [-0.2, -0.15) is 0 Å². The smallest absolute Gasteiger partial charge is 0.290 e. The monoisotopic (exact) mass is 388 g/mol. The molecule has 8 nitrogen and oxygen atoms in total. The maximum atomic E-state index is 12.9. The van der Waals surface area contributed by atoms with Gasteiger partial charge < -0.3 is 15.3 Å². The molecule has 2 N–H and O–H groups in total. The van der Waals surface area contributed by atoms with E-state index < -0.39 is 10.0 Å². The number of nitrogens with zero attached hydrogens (tertiary/aromatic N) is 3. The fourth-order valence-corrected chi connectivity index (χ4v) is 4.34. The first-order chi connectivity index (χ1) is 13.1. The molecule has 1 aromatic carbocycles. The predicted octanol–water partition coefficient (Wildman–Crippen LogP) is 1.38. The molecular formula is C18H20N4O4S. The number of benzene rings is 1. The SMILES string of the molecule is O=CO.O=S(=O)(c1cccnc1)n1ccc2ccc(N3CCNCC3)cc21. The van der Waals surface area contributed by atoms with E-state index in [-0.39, 0.29) is 11.4 Å². The van der Waals surface area contributed by atoms with Crippen LogP contribution in [0, 0.1) is 0 Å². The highest BCUT2D eigenvalue weighted by molar-refractivity contribution is 7.90. The summed E-state index contributed by atoms with van der Waals surface area (Å²) in [6.07, 6.45) is 4.55. The molecular weight excluding hydrogens is 368 g/mol. The molecule has 1 aliphatic heterocycles. The Kier molecular flexibility index (Phi) is 5.72. The van der Waals surface area contributed by atoms with Crippen LogP contribution in [0.1, 0.15) is 0 Å². The number of hydrogen-bond acceptors (Lipinski definition) is 6. The second-order valence-electron chi connectivity index (χ2n) is 5.89. The predicted molar refractivity (Wildman–Crippen MR) is 103 cm³/mol. The Morgan fingerprint density at radius 2 is 1.89 bits per heavy atom. The van der Waals surface area contributed by atoms with Crippen LogP contribution >= 0.6 is 0 Å². The normalized spacial score (nSPS) is 14.4. The summed E-state index contributed by atoms with van der Waals surface area (Å²) in [6, 6.07) is 11.0. The van der Waals surface area contributed by atoms with Crippen LogP contribution in [0.3, 0.4) is 0 Å². The highest BCUT2D eigenvalue weighted by Crippen LogP contribution is 2.26. The van der Waals surface area contributed by atoms with Gasteiger partial charge in [-0.25, -0.2) is 12.4 Å². The maximum Gasteiger partial charge on any atom is 0.290 e. The Morgan fingerprint density at radius 1 is 1.15 bits per heavy atom. The van der Waals surface area contributed by atoms with Gasteiger partial charge in [-0.05, 0) is 30.3 Å². The molecule has 0 aliphatic carbocycles. The number of pyridine rings is 1. The molecule has 4 rings (SSSR count). The average Bonchev–Trinajstić information content (AvgIpc) is 3.14. The van der Waals surface area contributed by atoms with Crippen LogP contribution in [0.15, 0.2) is 59.9 Å². The van der Waals surface area contributed by atoms with E-state index in [0.717, 1.165) is 37.3 Å². The van der Waals surface area contributed by atoms with Crippen LogP contribution in [-0.4, -0.2) is 55.1 Å². The summed E-state index contributed by atoms with van der Waals surface area (Å²) in [5.41, 5.74) is 1.74. The van der Waals surface area contributed by atoms with Crippen molar-refractivity contribution in [2.24, 2.45) is 0 Å². The Bertz CT molecular complexity index is 1010. The van der Waals surface area contributed by atoms with Gasteiger partial charge in [-0.3, -0.25) is 9.78 Å². The molecule has 1 saturated heterocycles.